The molecule has 1 aliphatic heterocycles. The maximum atomic E-state index is 13.4. The zero-order valence-corrected chi connectivity index (χ0v) is 17.3. The average Bonchev–Trinajstić information content (AvgIpc) is 3.24. The second-order valence-corrected chi connectivity index (χ2v) is 7.74. The van der Waals surface area contributed by atoms with Gasteiger partial charge in [-0.2, -0.15) is 10.1 Å². The molecule has 0 saturated heterocycles. The summed E-state index contributed by atoms with van der Waals surface area (Å²) in [4.78, 5) is 17.8. The fourth-order valence-electron chi connectivity index (χ4n) is 4.27. The number of halogens is 1. The van der Waals surface area contributed by atoms with Gasteiger partial charge < -0.3 is 9.47 Å². The van der Waals surface area contributed by atoms with Crippen LogP contribution in [0.25, 0.3) is 0 Å². The minimum absolute atomic E-state index is 0.0187. The van der Waals surface area contributed by atoms with Crippen LogP contribution in [-0.2, 0) is 4.79 Å². The van der Waals surface area contributed by atoms with Crippen molar-refractivity contribution in [2.45, 2.75) is 44.6 Å². The van der Waals surface area contributed by atoms with E-state index in [1.54, 1.807) is 37.4 Å². The zero-order valence-electron chi connectivity index (χ0n) is 17.3. The lowest BCUT2D eigenvalue weighted by Crippen LogP contribution is -2.34. The number of amides is 1. The normalized spacial score (nSPS) is 19.5. The summed E-state index contributed by atoms with van der Waals surface area (Å²) in [5.41, 5.74) is 2.34. The van der Waals surface area contributed by atoms with Gasteiger partial charge in [-0.25, -0.2) is 9.40 Å². The van der Waals surface area contributed by atoms with Gasteiger partial charge >= 0.3 is 0 Å². The fourth-order valence-corrected chi connectivity index (χ4v) is 4.27. The highest BCUT2D eigenvalue weighted by atomic mass is 19.1. The van der Waals surface area contributed by atoms with E-state index in [9.17, 15) is 9.18 Å². The van der Waals surface area contributed by atoms with Crippen molar-refractivity contribution in [1.82, 2.24) is 9.99 Å². The molecule has 0 bridgehead atoms. The van der Waals surface area contributed by atoms with Crippen LogP contribution in [0.3, 0.4) is 0 Å². The van der Waals surface area contributed by atoms with Gasteiger partial charge in [0.1, 0.15) is 5.82 Å². The number of benzene rings is 1. The number of carbonyl (C=O) groups is 1. The molecule has 1 saturated carbocycles. The quantitative estimate of drug-likeness (QED) is 0.727. The second kappa shape index (κ2) is 8.81. The van der Waals surface area contributed by atoms with Gasteiger partial charge in [-0.15, -0.1) is 0 Å². The predicted molar refractivity (Wildman–Crippen MR) is 111 cm³/mol. The topological polar surface area (TPSA) is 64.0 Å². The monoisotopic (exact) mass is 411 g/mol. The Morgan fingerprint density at radius 2 is 1.77 bits per heavy atom. The van der Waals surface area contributed by atoms with Gasteiger partial charge in [-0.3, -0.25) is 4.79 Å². The number of aromatic nitrogens is 1. The smallest absolute Gasteiger partial charge is 0.246 e. The van der Waals surface area contributed by atoms with Gasteiger partial charge in [0.15, 0.2) is 0 Å². The predicted octanol–water partition coefficient (Wildman–Crippen LogP) is 4.50. The van der Waals surface area contributed by atoms with Crippen LogP contribution in [0.2, 0.25) is 0 Å². The third kappa shape index (κ3) is 4.01. The highest BCUT2D eigenvalue weighted by Crippen LogP contribution is 2.39. The number of pyridine rings is 1. The average molecular weight is 411 g/mol. The van der Waals surface area contributed by atoms with E-state index < -0.39 is 0 Å². The van der Waals surface area contributed by atoms with Gasteiger partial charge in [0.05, 0.1) is 26.0 Å². The Morgan fingerprint density at radius 3 is 2.43 bits per heavy atom. The molecule has 1 aromatic carbocycles. The van der Waals surface area contributed by atoms with Crippen LogP contribution >= 0.6 is 0 Å². The van der Waals surface area contributed by atoms with Crippen molar-refractivity contribution in [2.75, 3.05) is 14.2 Å². The zero-order chi connectivity index (χ0) is 21.1. The van der Waals surface area contributed by atoms with E-state index in [1.165, 1.54) is 18.6 Å². The first-order valence-electron chi connectivity index (χ1n) is 10.4. The second-order valence-electron chi connectivity index (χ2n) is 7.74. The van der Waals surface area contributed by atoms with E-state index in [4.69, 9.17) is 14.6 Å². The number of methoxy groups -OCH3 is 2. The Labute approximate surface area is 175 Å². The highest BCUT2D eigenvalue weighted by molar-refractivity contribution is 6.03. The molecular weight excluding hydrogens is 385 g/mol. The molecule has 1 aromatic heterocycles. The van der Waals surface area contributed by atoms with Crippen LogP contribution < -0.4 is 9.47 Å². The number of carbonyl (C=O) groups excluding carboxylic acids is 1. The lowest BCUT2D eigenvalue weighted by atomic mass is 9.88. The summed E-state index contributed by atoms with van der Waals surface area (Å²) in [5.74, 6) is 0.573. The minimum atomic E-state index is -0.326. The molecule has 1 atom stereocenters. The maximum absolute atomic E-state index is 13.4. The van der Waals surface area contributed by atoms with E-state index >= 15 is 0 Å². The van der Waals surface area contributed by atoms with E-state index in [0.29, 0.717) is 18.2 Å². The molecule has 4 rings (SSSR count). The molecule has 2 aromatic rings. The van der Waals surface area contributed by atoms with Crippen LogP contribution in [0.15, 0.2) is 41.5 Å². The van der Waals surface area contributed by atoms with Crippen molar-refractivity contribution in [3.63, 3.8) is 0 Å². The van der Waals surface area contributed by atoms with Crippen LogP contribution in [0, 0.1) is 11.7 Å². The van der Waals surface area contributed by atoms with Crippen LogP contribution in [0.5, 0.6) is 11.8 Å². The number of rotatable bonds is 5. The third-order valence-corrected chi connectivity index (χ3v) is 5.89. The molecule has 0 N–H and O–H groups in total. The first-order chi connectivity index (χ1) is 14.6. The molecule has 1 fully saturated rings. The van der Waals surface area contributed by atoms with Crippen molar-refractivity contribution in [1.29, 1.82) is 0 Å². The maximum Gasteiger partial charge on any atom is 0.246 e. The molecule has 158 valence electrons. The Morgan fingerprint density at radius 1 is 1.03 bits per heavy atom. The molecule has 0 spiro atoms. The lowest BCUT2D eigenvalue weighted by molar-refractivity contribution is -0.138. The number of nitrogens with zero attached hydrogens (tertiary/aromatic N) is 3. The molecule has 6 nitrogen and oxygen atoms in total. The molecule has 7 heteroatoms. The minimum Gasteiger partial charge on any atom is -0.481 e. The van der Waals surface area contributed by atoms with Gasteiger partial charge in [0.2, 0.25) is 17.7 Å². The highest BCUT2D eigenvalue weighted by Gasteiger charge is 2.38. The summed E-state index contributed by atoms with van der Waals surface area (Å²) in [5, 5.41) is 6.30. The Bertz CT molecular complexity index is 939. The Balaban J connectivity index is 1.70. The first kappa shape index (κ1) is 20.3. The van der Waals surface area contributed by atoms with Crippen LogP contribution in [0.4, 0.5) is 4.39 Å². The van der Waals surface area contributed by atoms with Crippen molar-refractivity contribution >= 4 is 11.6 Å². The molecule has 2 aliphatic rings. The molecular formula is C23H26FN3O3. The molecule has 1 amide bonds. The lowest BCUT2D eigenvalue weighted by Gasteiger charge is -2.28. The van der Waals surface area contributed by atoms with Crippen molar-refractivity contribution < 1.29 is 18.7 Å². The summed E-state index contributed by atoms with van der Waals surface area (Å²) >= 11 is 0. The number of ether oxygens (including phenoxy) is 2. The van der Waals surface area contributed by atoms with Crippen molar-refractivity contribution in [3.8, 4) is 11.8 Å². The molecule has 1 unspecified atom stereocenters. The van der Waals surface area contributed by atoms with Crippen molar-refractivity contribution in [2.24, 2.45) is 11.0 Å². The van der Waals surface area contributed by atoms with E-state index in [0.717, 1.165) is 42.5 Å². The summed E-state index contributed by atoms with van der Waals surface area (Å²) in [6, 6.07) is 9.53. The molecule has 30 heavy (non-hydrogen) atoms. The van der Waals surface area contributed by atoms with E-state index in [-0.39, 0.29) is 23.7 Å². The largest absolute Gasteiger partial charge is 0.481 e. The number of hydrogen-bond acceptors (Lipinski definition) is 5. The number of hydrazone groups is 1. The standard InChI is InChI=1S/C23H26FN3O3/c1-29-21-13-12-18(22(25-21)30-2)20-14-19(15-8-10-17(24)11-9-15)26-27(20)23(28)16-6-4-3-5-7-16/h8-13,16,20H,3-7,14H2,1-2H3. The molecule has 0 radical (unpaired) electrons. The summed E-state index contributed by atoms with van der Waals surface area (Å²) in [6.07, 6.45) is 5.60. The van der Waals surface area contributed by atoms with Gasteiger partial charge in [0, 0.05) is 24.0 Å². The number of hydrogen-bond donors (Lipinski definition) is 0. The summed E-state index contributed by atoms with van der Waals surface area (Å²) in [6.45, 7) is 0. The Kier molecular flexibility index (Phi) is 5.97. The third-order valence-electron chi connectivity index (χ3n) is 5.89. The van der Waals surface area contributed by atoms with E-state index in [1.807, 2.05) is 6.07 Å². The SMILES string of the molecule is COc1ccc(C2CC(c3ccc(F)cc3)=NN2C(=O)C2CCCCC2)c(OC)n1. The molecule has 1 aliphatic carbocycles. The van der Waals surface area contributed by atoms with Crippen molar-refractivity contribution in [3.05, 3.63) is 53.3 Å². The van der Waals surface area contributed by atoms with Crippen LogP contribution in [0.1, 0.15) is 55.7 Å². The van der Waals surface area contributed by atoms with Gasteiger partial charge in [0.25, 0.3) is 0 Å². The summed E-state index contributed by atoms with van der Waals surface area (Å²) in [7, 11) is 3.10. The molecule has 2 heterocycles. The van der Waals surface area contributed by atoms with Gasteiger partial charge in [-0.05, 0) is 36.6 Å². The van der Waals surface area contributed by atoms with Gasteiger partial charge in [-0.1, -0.05) is 31.4 Å². The summed E-state index contributed by atoms with van der Waals surface area (Å²) < 4.78 is 24.1. The fraction of sp³-hybridized carbons (Fsp3) is 0.435. The first-order valence-corrected chi connectivity index (χ1v) is 10.4. The van der Waals surface area contributed by atoms with Crippen LogP contribution in [-0.4, -0.2) is 35.8 Å². The van der Waals surface area contributed by atoms with E-state index in [2.05, 4.69) is 4.98 Å². The Hall–Kier alpha value is -2.96.